The van der Waals surface area contributed by atoms with Crippen molar-refractivity contribution in [3.05, 3.63) is 18.0 Å². The topological polar surface area (TPSA) is 33.1 Å². The van der Waals surface area contributed by atoms with Gasteiger partial charge in [-0.05, 0) is 25.7 Å². The van der Waals surface area contributed by atoms with Gasteiger partial charge in [0.25, 0.3) is 0 Å². The molecule has 1 fully saturated rings. The van der Waals surface area contributed by atoms with Crippen LogP contribution in [0.4, 0.5) is 0 Å². The lowest BCUT2D eigenvalue weighted by Crippen LogP contribution is -2.65. The predicted molar refractivity (Wildman–Crippen MR) is 88.3 cm³/mol. The molecule has 4 nitrogen and oxygen atoms in total. The van der Waals surface area contributed by atoms with Crippen LogP contribution in [0.5, 0.6) is 0 Å². The summed E-state index contributed by atoms with van der Waals surface area (Å²) in [5, 5.41) is 8.19. The number of aryl methyl sites for hydroxylation is 1. The van der Waals surface area contributed by atoms with Crippen molar-refractivity contribution in [3.8, 4) is 0 Å². The lowest BCUT2D eigenvalue weighted by Gasteiger charge is -2.51. The Morgan fingerprint density at radius 1 is 1.38 bits per heavy atom. The Hall–Kier alpha value is -0.870. The van der Waals surface area contributed by atoms with Gasteiger partial charge in [0.2, 0.25) is 0 Å². The van der Waals surface area contributed by atoms with Crippen LogP contribution in [0, 0.1) is 5.41 Å². The highest BCUT2D eigenvalue weighted by Gasteiger charge is 2.39. The van der Waals surface area contributed by atoms with E-state index in [1.54, 1.807) is 0 Å². The fraction of sp³-hybridized carbons (Fsp3) is 0.824. The third-order valence-corrected chi connectivity index (χ3v) is 5.09. The van der Waals surface area contributed by atoms with Crippen molar-refractivity contribution >= 4 is 0 Å². The normalized spacial score (nSPS) is 28.0. The van der Waals surface area contributed by atoms with E-state index in [1.807, 2.05) is 10.9 Å². The minimum absolute atomic E-state index is 0.232. The summed E-state index contributed by atoms with van der Waals surface area (Å²) < 4.78 is 2.02. The second kappa shape index (κ2) is 6.09. The van der Waals surface area contributed by atoms with Gasteiger partial charge in [-0.3, -0.25) is 9.58 Å². The fourth-order valence-corrected chi connectivity index (χ4v) is 3.03. The molecule has 0 bridgehead atoms. The first kappa shape index (κ1) is 16.5. The van der Waals surface area contributed by atoms with Gasteiger partial charge in [-0.15, -0.1) is 0 Å². The highest BCUT2D eigenvalue weighted by molar-refractivity contribution is 5.07. The SMILES string of the molecule is CCn1cc(CN2CC(C(C)(C)C)NCC2(C)CC)cn1. The number of nitrogens with one attached hydrogen (secondary N) is 1. The molecule has 0 saturated carbocycles. The van der Waals surface area contributed by atoms with Crippen LogP contribution in [0.25, 0.3) is 0 Å². The molecule has 4 heteroatoms. The van der Waals surface area contributed by atoms with E-state index in [0.29, 0.717) is 11.5 Å². The third kappa shape index (κ3) is 3.67. The lowest BCUT2D eigenvalue weighted by molar-refractivity contribution is 0.0157. The second-order valence-electron chi connectivity index (χ2n) is 7.73. The first-order valence-corrected chi connectivity index (χ1v) is 8.28. The summed E-state index contributed by atoms with van der Waals surface area (Å²) >= 11 is 0. The van der Waals surface area contributed by atoms with Crippen molar-refractivity contribution in [1.29, 1.82) is 0 Å². The van der Waals surface area contributed by atoms with Gasteiger partial charge in [-0.2, -0.15) is 5.10 Å². The molecule has 1 aromatic rings. The van der Waals surface area contributed by atoms with Crippen molar-refractivity contribution in [3.63, 3.8) is 0 Å². The van der Waals surface area contributed by atoms with Crippen LogP contribution in [0.3, 0.4) is 0 Å². The summed E-state index contributed by atoms with van der Waals surface area (Å²) in [4.78, 5) is 2.65. The number of aromatic nitrogens is 2. The van der Waals surface area contributed by atoms with Crippen LogP contribution in [-0.4, -0.2) is 39.4 Å². The van der Waals surface area contributed by atoms with Crippen molar-refractivity contribution in [2.24, 2.45) is 5.41 Å². The highest BCUT2D eigenvalue weighted by atomic mass is 15.3. The Balaban J connectivity index is 2.14. The standard InChI is InChI=1S/C17H32N4/c1-7-17(6)13-18-15(16(3,4)5)12-20(17)10-14-9-19-21(8-2)11-14/h9,11,15,18H,7-8,10,12-13H2,1-6H3. The number of nitrogens with zero attached hydrogens (tertiary/aromatic N) is 3. The quantitative estimate of drug-likeness (QED) is 0.926. The molecular formula is C17H32N4. The lowest BCUT2D eigenvalue weighted by atomic mass is 9.81. The Bertz CT molecular complexity index is 460. The Morgan fingerprint density at radius 3 is 2.62 bits per heavy atom. The van der Waals surface area contributed by atoms with Crippen LogP contribution in [0.15, 0.2) is 12.4 Å². The van der Waals surface area contributed by atoms with E-state index >= 15 is 0 Å². The molecule has 0 radical (unpaired) electrons. The van der Waals surface area contributed by atoms with Crippen molar-refractivity contribution in [1.82, 2.24) is 20.0 Å². The zero-order chi connectivity index (χ0) is 15.7. The Kier molecular flexibility index (Phi) is 4.79. The zero-order valence-corrected chi connectivity index (χ0v) is 14.6. The molecule has 1 saturated heterocycles. The molecule has 1 aliphatic rings. The second-order valence-corrected chi connectivity index (χ2v) is 7.73. The summed E-state index contributed by atoms with van der Waals surface area (Å²) in [7, 11) is 0. The van der Waals surface area contributed by atoms with Crippen LogP contribution in [0.2, 0.25) is 0 Å². The number of piperazine rings is 1. The summed E-state index contributed by atoms with van der Waals surface area (Å²) in [6, 6.07) is 0.540. The fourth-order valence-electron chi connectivity index (χ4n) is 3.03. The monoisotopic (exact) mass is 292 g/mol. The van der Waals surface area contributed by atoms with Gasteiger partial charge < -0.3 is 5.32 Å². The number of rotatable bonds is 4. The van der Waals surface area contributed by atoms with Gasteiger partial charge in [-0.1, -0.05) is 27.7 Å². The summed E-state index contributed by atoms with van der Waals surface area (Å²) in [6.07, 6.45) is 5.37. The van der Waals surface area contributed by atoms with E-state index in [0.717, 1.165) is 26.2 Å². The molecular weight excluding hydrogens is 260 g/mol. The molecule has 2 heterocycles. The van der Waals surface area contributed by atoms with Crippen LogP contribution >= 0.6 is 0 Å². The maximum atomic E-state index is 4.42. The van der Waals surface area contributed by atoms with Gasteiger partial charge in [0.05, 0.1) is 6.20 Å². The molecule has 1 aliphatic heterocycles. The molecule has 0 spiro atoms. The van der Waals surface area contributed by atoms with Crippen LogP contribution < -0.4 is 5.32 Å². The molecule has 21 heavy (non-hydrogen) atoms. The van der Waals surface area contributed by atoms with Crippen LogP contribution in [0.1, 0.15) is 53.5 Å². The van der Waals surface area contributed by atoms with E-state index < -0.39 is 0 Å². The third-order valence-electron chi connectivity index (χ3n) is 5.09. The molecule has 0 amide bonds. The van der Waals surface area contributed by atoms with Gasteiger partial charge >= 0.3 is 0 Å². The van der Waals surface area contributed by atoms with Gasteiger partial charge in [0, 0.05) is 49.5 Å². The summed E-state index contributed by atoms with van der Waals surface area (Å²) in [5.41, 5.74) is 1.85. The highest BCUT2D eigenvalue weighted by Crippen LogP contribution is 2.30. The molecule has 2 atom stereocenters. The average molecular weight is 292 g/mol. The van der Waals surface area contributed by atoms with E-state index in [-0.39, 0.29) is 5.54 Å². The molecule has 1 N–H and O–H groups in total. The minimum atomic E-state index is 0.232. The molecule has 2 unspecified atom stereocenters. The predicted octanol–water partition coefficient (Wildman–Crippen LogP) is 2.89. The van der Waals surface area contributed by atoms with Crippen LogP contribution in [-0.2, 0) is 13.1 Å². The number of hydrogen-bond donors (Lipinski definition) is 1. The molecule has 2 rings (SSSR count). The van der Waals surface area contributed by atoms with E-state index in [9.17, 15) is 0 Å². The van der Waals surface area contributed by atoms with E-state index in [4.69, 9.17) is 0 Å². The van der Waals surface area contributed by atoms with Crippen molar-refractivity contribution in [2.75, 3.05) is 13.1 Å². The Morgan fingerprint density at radius 2 is 2.10 bits per heavy atom. The summed E-state index contributed by atoms with van der Waals surface area (Å²) in [5.74, 6) is 0. The molecule has 0 aromatic carbocycles. The Labute approximate surface area is 129 Å². The van der Waals surface area contributed by atoms with E-state index in [1.165, 1.54) is 12.0 Å². The van der Waals surface area contributed by atoms with E-state index in [2.05, 4.69) is 63.1 Å². The van der Waals surface area contributed by atoms with Gasteiger partial charge in [0.1, 0.15) is 0 Å². The first-order valence-electron chi connectivity index (χ1n) is 8.28. The maximum absolute atomic E-state index is 4.42. The minimum Gasteiger partial charge on any atom is -0.310 e. The molecule has 120 valence electrons. The maximum Gasteiger partial charge on any atom is 0.0534 e. The van der Waals surface area contributed by atoms with Crippen molar-refractivity contribution in [2.45, 2.75) is 72.6 Å². The summed E-state index contributed by atoms with van der Waals surface area (Å²) in [6.45, 7) is 17.9. The number of hydrogen-bond acceptors (Lipinski definition) is 3. The van der Waals surface area contributed by atoms with Gasteiger partial charge in [0.15, 0.2) is 0 Å². The molecule has 0 aliphatic carbocycles. The van der Waals surface area contributed by atoms with Gasteiger partial charge in [-0.25, -0.2) is 0 Å². The average Bonchev–Trinajstić information content (AvgIpc) is 2.88. The first-order chi connectivity index (χ1) is 9.78. The van der Waals surface area contributed by atoms with Crippen molar-refractivity contribution < 1.29 is 0 Å². The smallest absolute Gasteiger partial charge is 0.0534 e. The zero-order valence-electron chi connectivity index (χ0n) is 14.6. The molecule has 1 aromatic heterocycles. The largest absolute Gasteiger partial charge is 0.310 e.